The molecule has 0 radical (unpaired) electrons. The summed E-state index contributed by atoms with van der Waals surface area (Å²) in [6, 6.07) is 0. The van der Waals surface area contributed by atoms with Gasteiger partial charge in [0.2, 0.25) is 10.0 Å². The van der Waals surface area contributed by atoms with E-state index >= 15 is 0 Å². The van der Waals surface area contributed by atoms with Crippen molar-refractivity contribution in [2.24, 2.45) is 4.99 Å². The van der Waals surface area contributed by atoms with Crippen LogP contribution in [0.1, 0.15) is 46.5 Å². The average molecular weight is 362 g/mol. The van der Waals surface area contributed by atoms with Gasteiger partial charge in [-0.2, -0.15) is 0 Å². The van der Waals surface area contributed by atoms with Crippen molar-refractivity contribution < 1.29 is 8.42 Å². The highest BCUT2D eigenvalue weighted by atomic mass is 32.2. The molecule has 142 valence electrons. The Morgan fingerprint density at radius 1 is 1.12 bits per heavy atom. The van der Waals surface area contributed by atoms with Crippen molar-refractivity contribution in [3.8, 4) is 0 Å². The first kappa shape index (κ1) is 21.2. The molecule has 0 aliphatic carbocycles. The number of sulfonamides is 1. The Labute approximate surface area is 147 Å². The van der Waals surface area contributed by atoms with Crippen LogP contribution in [-0.2, 0) is 10.0 Å². The van der Waals surface area contributed by atoms with Crippen molar-refractivity contribution in [1.29, 1.82) is 0 Å². The van der Waals surface area contributed by atoms with Crippen LogP contribution in [0, 0.1) is 0 Å². The molecule has 1 rings (SSSR count). The van der Waals surface area contributed by atoms with E-state index in [4.69, 9.17) is 4.99 Å². The zero-order valence-corrected chi connectivity index (χ0v) is 16.5. The third kappa shape index (κ3) is 8.84. The van der Waals surface area contributed by atoms with E-state index in [9.17, 15) is 8.42 Å². The van der Waals surface area contributed by atoms with E-state index in [2.05, 4.69) is 34.1 Å². The number of nitrogens with zero attached hydrogens (tertiary/aromatic N) is 2. The van der Waals surface area contributed by atoms with Gasteiger partial charge in [-0.15, -0.1) is 0 Å². The molecule has 8 heteroatoms. The molecule has 0 aromatic carbocycles. The molecule has 0 atom stereocenters. The number of guanidine groups is 1. The fourth-order valence-corrected chi connectivity index (χ4v) is 3.28. The highest BCUT2D eigenvalue weighted by Gasteiger charge is 2.27. The normalized spacial score (nSPS) is 17.8. The van der Waals surface area contributed by atoms with E-state index in [-0.39, 0.29) is 5.54 Å². The summed E-state index contributed by atoms with van der Waals surface area (Å²) in [4.78, 5) is 7.25. The first-order valence-electron chi connectivity index (χ1n) is 8.96. The van der Waals surface area contributed by atoms with Gasteiger partial charge in [0.1, 0.15) is 0 Å². The van der Waals surface area contributed by atoms with Crippen molar-refractivity contribution >= 4 is 16.0 Å². The largest absolute Gasteiger partial charge is 0.357 e. The number of rotatable bonds is 9. The van der Waals surface area contributed by atoms with Crippen LogP contribution in [-0.4, -0.2) is 70.3 Å². The minimum atomic E-state index is -3.11. The third-order valence-corrected chi connectivity index (χ3v) is 4.92. The molecular formula is C16H35N5O2S. The SMILES string of the molecule is CCNC(=NCC(C)(C)N1CCCCC1)NCCCNS(C)(=O)=O. The second-order valence-electron chi connectivity index (χ2n) is 7.00. The standard InChI is InChI=1S/C16H35N5O2S/c1-5-17-15(18-10-9-11-20-24(4,22)23)19-14-16(2,3)21-12-7-6-8-13-21/h20H,5-14H2,1-4H3,(H2,17,18,19). The Morgan fingerprint density at radius 3 is 2.38 bits per heavy atom. The van der Waals surface area contributed by atoms with Gasteiger partial charge in [0.05, 0.1) is 12.8 Å². The summed E-state index contributed by atoms with van der Waals surface area (Å²) in [6.07, 6.45) is 5.78. The van der Waals surface area contributed by atoms with E-state index in [1.54, 1.807) is 0 Å². The van der Waals surface area contributed by atoms with Gasteiger partial charge in [0.15, 0.2) is 5.96 Å². The minimum Gasteiger partial charge on any atom is -0.357 e. The Hall–Kier alpha value is -0.860. The lowest BCUT2D eigenvalue weighted by molar-refractivity contribution is 0.102. The molecule has 0 aromatic rings. The first-order chi connectivity index (χ1) is 11.2. The number of piperidine rings is 1. The van der Waals surface area contributed by atoms with E-state index in [0.717, 1.165) is 32.1 Å². The summed E-state index contributed by atoms with van der Waals surface area (Å²) in [5, 5.41) is 6.51. The lowest BCUT2D eigenvalue weighted by atomic mass is 9.99. The molecule has 0 saturated carbocycles. The molecule has 1 fully saturated rings. The van der Waals surface area contributed by atoms with Gasteiger partial charge in [0.25, 0.3) is 0 Å². The molecule has 1 aliphatic rings. The topological polar surface area (TPSA) is 85.8 Å². The molecule has 1 aliphatic heterocycles. The van der Waals surface area contributed by atoms with Crippen LogP contribution in [0.25, 0.3) is 0 Å². The average Bonchev–Trinajstić information content (AvgIpc) is 2.52. The zero-order chi connectivity index (χ0) is 18.1. The summed E-state index contributed by atoms with van der Waals surface area (Å²) in [5.41, 5.74) is 0.0562. The predicted molar refractivity (Wildman–Crippen MR) is 101 cm³/mol. The molecule has 0 amide bonds. The summed E-state index contributed by atoms with van der Waals surface area (Å²) < 4.78 is 24.5. The summed E-state index contributed by atoms with van der Waals surface area (Å²) in [7, 11) is -3.11. The number of hydrogen-bond donors (Lipinski definition) is 3. The predicted octanol–water partition coefficient (Wildman–Crippen LogP) is 0.745. The molecule has 1 heterocycles. The zero-order valence-electron chi connectivity index (χ0n) is 15.7. The molecule has 24 heavy (non-hydrogen) atoms. The van der Waals surface area contributed by atoms with Crippen LogP contribution >= 0.6 is 0 Å². The molecular weight excluding hydrogens is 326 g/mol. The van der Waals surface area contributed by atoms with Gasteiger partial charge >= 0.3 is 0 Å². The maximum absolute atomic E-state index is 11.0. The number of aliphatic imine (C=N–C) groups is 1. The number of likely N-dealkylation sites (tertiary alicyclic amines) is 1. The third-order valence-electron chi connectivity index (χ3n) is 4.19. The minimum absolute atomic E-state index is 0.0562. The maximum Gasteiger partial charge on any atom is 0.208 e. The van der Waals surface area contributed by atoms with E-state index in [1.165, 1.54) is 25.5 Å². The van der Waals surface area contributed by atoms with Crippen molar-refractivity contribution in [3.63, 3.8) is 0 Å². The van der Waals surface area contributed by atoms with Gasteiger partial charge in [-0.1, -0.05) is 6.42 Å². The Kier molecular flexibility index (Phi) is 9.01. The number of nitrogens with one attached hydrogen (secondary N) is 3. The smallest absolute Gasteiger partial charge is 0.208 e. The first-order valence-corrected chi connectivity index (χ1v) is 10.9. The summed E-state index contributed by atoms with van der Waals surface area (Å²) >= 11 is 0. The van der Waals surface area contributed by atoms with Crippen molar-refractivity contribution in [2.75, 3.05) is 45.5 Å². The van der Waals surface area contributed by atoms with Crippen molar-refractivity contribution in [1.82, 2.24) is 20.3 Å². The van der Waals surface area contributed by atoms with Crippen molar-refractivity contribution in [3.05, 3.63) is 0 Å². The molecule has 0 unspecified atom stereocenters. The molecule has 3 N–H and O–H groups in total. The van der Waals surface area contributed by atoms with Gasteiger partial charge in [-0.05, 0) is 53.1 Å². The lowest BCUT2D eigenvalue weighted by Gasteiger charge is -2.40. The highest BCUT2D eigenvalue weighted by Crippen LogP contribution is 2.20. The van der Waals surface area contributed by atoms with Crippen LogP contribution in [0.2, 0.25) is 0 Å². The Bertz CT molecular complexity index is 485. The van der Waals surface area contributed by atoms with Crippen LogP contribution in [0.15, 0.2) is 4.99 Å². The van der Waals surface area contributed by atoms with Gasteiger partial charge in [-0.25, -0.2) is 13.1 Å². The van der Waals surface area contributed by atoms with E-state index in [0.29, 0.717) is 19.5 Å². The quantitative estimate of drug-likeness (QED) is 0.320. The lowest BCUT2D eigenvalue weighted by Crippen LogP contribution is -2.49. The van der Waals surface area contributed by atoms with E-state index in [1.807, 2.05) is 6.92 Å². The fraction of sp³-hybridized carbons (Fsp3) is 0.938. The summed E-state index contributed by atoms with van der Waals surface area (Å²) in [6.45, 7) is 11.5. The monoisotopic (exact) mass is 361 g/mol. The number of hydrogen-bond acceptors (Lipinski definition) is 4. The molecule has 1 saturated heterocycles. The van der Waals surface area contributed by atoms with Crippen LogP contribution in [0.5, 0.6) is 0 Å². The molecule has 0 spiro atoms. The second-order valence-corrected chi connectivity index (χ2v) is 8.84. The van der Waals surface area contributed by atoms with Gasteiger partial charge in [0, 0.05) is 25.2 Å². The van der Waals surface area contributed by atoms with E-state index < -0.39 is 10.0 Å². The van der Waals surface area contributed by atoms with Crippen molar-refractivity contribution in [2.45, 2.75) is 52.0 Å². The fourth-order valence-electron chi connectivity index (χ4n) is 2.77. The molecule has 0 aromatic heterocycles. The Morgan fingerprint density at radius 2 is 1.79 bits per heavy atom. The second kappa shape index (κ2) is 10.2. The molecule has 7 nitrogen and oxygen atoms in total. The van der Waals surface area contributed by atoms with Crippen LogP contribution in [0.4, 0.5) is 0 Å². The highest BCUT2D eigenvalue weighted by molar-refractivity contribution is 7.88. The van der Waals surface area contributed by atoms with Crippen LogP contribution < -0.4 is 15.4 Å². The van der Waals surface area contributed by atoms with Gasteiger partial charge < -0.3 is 10.6 Å². The summed E-state index contributed by atoms with van der Waals surface area (Å²) in [5.74, 6) is 0.793. The maximum atomic E-state index is 11.0. The van der Waals surface area contributed by atoms with Gasteiger partial charge in [-0.3, -0.25) is 9.89 Å². The van der Waals surface area contributed by atoms with Crippen LogP contribution in [0.3, 0.4) is 0 Å². The Balaban J connectivity index is 2.43. The molecule has 0 bridgehead atoms.